The van der Waals surface area contributed by atoms with Crippen molar-refractivity contribution in [3.63, 3.8) is 0 Å². The molecule has 0 spiro atoms. The van der Waals surface area contributed by atoms with Gasteiger partial charge in [0.2, 0.25) is 0 Å². The maximum Gasteiger partial charge on any atom is 0.303 e. The van der Waals surface area contributed by atoms with Gasteiger partial charge >= 0.3 is 5.97 Å². The zero-order chi connectivity index (χ0) is 20.1. The van der Waals surface area contributed by atoms with Crippen molar-refractivity contribution in [2.24, 2.45) is 5.73 Å². The van der Waals surface area contributed by atoms with Crippen molar-refractivity contribution >= 4 is 5.97 Å². The van der Waals surface area contributed by atoms with E-state index in [0.29, 0.717) is 19.5 Å². The van der Waals surface area contributed by atoms with Gasteiger partial charge in [-0.1, -0.05) is 84.0 Å². The van der Waals surface area contributed by atoms with E-state index in [-0.39, 0.29) is 4.65 Å². The molecular weight excluding hydrogens is 328 g/mol. The monoisotopic (exact) mass is 374 g/mol. The summed E-state index contributed by atoms with van der Waals surface area (Å²) < 4.78 is -0.225. The minimum Gasteiger partial charge on any atom is -0.633 e. The molecule has 0 aromatic rings. The number of unbranched alkanes of at least 4 members (excludes halogenated alkanes) is 12. The average Bonchev–Trinajstić information content (AvgIpc) is 2.57. The van der Waals surface area contributed by atoms with Gasteiger partial charge in [-0.15, -0.1) is 0 Å². The maximum atomic E-state index is 10.7. The number of hydrogen-bond donors (Lipinski definition) is 2. The van der Waals surface area contributed by atoms with Gasteiger partial charge in [0.1, 0.15) is 0 Å². The molecule has 0 heterocycles. The lowest BCUT2D eigenvalue weighted by molar-refractivity contribution is -0.840. The van der Waals surface area contributed by atoms with Crippen molar-refractivity contribution in [1.29, 1.82) is 0 Å². The predicted octanol–water partition coefficient (Wildman–Crippen LogP) is 5.46. The van der Waals surface area contributed by atoms with Gasteiger partial charge in [0.25, 0.3) is 0 Å². The van der Waals surface area contributed by atoms with Crippen molar-refractivity contribution in [3.8, 4) is 0 Å². The van der Waals surface area contributed by atoms with Crippen LogP contribution in [0.25, 0.3) is 0 Å². The molecule has 0 bridgehead atoms. The Hall–Kier alpha value is -0.650. The van der Waals surface area contributed by atoms with Crippen LogP contribution in [-0.4, -0.2) is 42.9 Å². The molecule has 0 rings (SSSR count). The first-order valence-electron chi connectivity index (χ1n) is 10.8. The lowest BCUT2D eigenvalue weighted by atomic mass is 10.0. The summed E-state index contributed by atoms with van der Waals surface area (Å²) in [6.45, 7) is 3.50. The summed E-state index contributed by atoms with van der Waals surface area (Å²) in [6, 6.07) is 0. The standard InChI is InChI=1S/C16H32O2.C5H14N2O/c1-2-3-4-5-6-7-8-9-10-11-12-13-14-15-16(17)18;1-7(2,8)5-3-4-6/h2-15H2,1H3,(H,17,18);3-6H2,1-2H3. The third-order valence-corrected chi connectivity index (χ3v) is 4.39. The Morgan fingerprint density at radius 1 is 0.808 bits per heavy atom. The molecule has 0 amide bonds. The zero-order valence-electron chi connectivity index (χ0n) is 17.8. The zero-order valence-corrected chi connectivity index (χ0v) is 17.8. The van der Waals surface area contributed by atoms with Crippen molar-refractivity contribution in [2.75, 3.05) is 27.2 Å². The van der Waals surface area contributed by atoms with E-state index in [2.05, 4.69) is 6.92 Å². The van der Waals surface area contributed by atoms with Gasteiger partial charge in [-0.25, -0.2) is 0 Å². The third kappa shape index (κ3) is 31.2. The van der Waals surface area contributed by atoms with E-state index in [9.17, 15) is 10.0 Å². The molecule has 0 atom stereocenters. The van der Waals surface area contributed by atoms with Crippen LogP contribution in [0.4, 0.5) is 0 Å². The highest BCUT2D eigenvalue weighted by Gasteiger charge is 1.98. The molecule has 0 aliphatic heterocycles. The Labute approximate surface area is 162 Å². The fourth-order valence-corrected chi connectivity index (χ4v) is 2.77. The maximum absolute atomic E-state index is 10.7. The summed E-state index contributed by atoms with van der Waals surface area (Å²) in [7, 11) is 3.24. The molecule has 3 N–H and O–H groups in total. The second-order valence-corrected chi connectivity index (χ2v) is 7.83. The van der Waals surface area contributed by atoms with Crippen LogP contribution >= 0.6 is 0 Å². The number of nitrogens with two attached hydrogens (primary N) is 1. The van der Waals surface area contributed by atoms with E-state index in [1.165, 1.54) is 70.6 Å². The van der Waals surface area contributed by atoms with Crippen molar-refractivity contribution in [1.82, 2.24) is 0 Å². The van der Waals surface area contributed by atoms with Crippen molar-refractivity contribution in [3.05, 3.63) is 5.21 Å². The first-order chi connectivity index (χ1) is 12.3. The second-order valence-electron chi connectivity index (χ2n) is 7.83. The van der Waals surface area contributed by atoms with E-state index in [1.807, 2.05) is 0 Å². The van der Waals surface area contributed by atoms with E-state index in [0.717, 1.165) is 19.3 Å². The Bertz CT molecular complexity index is 291. The minimum absolute atomic E-state index is 0.225. The minimum atomic E-state index is -0.655. The topological polar surface area (TPSA) is 86.4 Å². The molecule has 0 saturated heterocycles. The number of carboxylic acid groups (broad SMARTS) is 1. The van der Waals surface area contributed by atoms with Crippen LogP contribution in [0, 0.1) is 5.21 Å². The molecule has 0 aromatic carbocycles. The van der Waals surface area contributed by atoms with E-state index < -0.39 is 5.97 Å². The van der Waals surface area contributed by atoms with Crippen LogP contribution in [0.3, 0.4) is 0 Å². The lowest BCUT2D eigenvalue weighted by Gasteiger charge is -2.33. The Morgan fingerprint density at radius 2 is 1.19 bits per heavy atom. The SMILES string of the molecule is CCCCCCCCCCCCCCCC(=O)O.C[N+](C)([O-])CCCN. The molecule has 0 aliphatic carbocycles. The van der Waals surface area contributed by atoms with Crippen LogP contribution in [0.2, 0.25) is 0 Å². The smallest absolute Gasteiger partial charge is 0.303 e. The molecule has 0 aromatic heterocycles. The number of carbonyl (C=O) groups is 1. The number of carboxylic acids is 1. The fraction of sp³-hybridized carbons (Fsp3) is 0.952. The highest BCUT2D eigenvalue weighted by molar-refractivity contribution is 5.66. The van der Waals surface area contributed by atoms with Crippen LogP contribution in [0.5, 0.6) is 0 Å². The predicted molar refractivity (Wildman–Crippen MR) is 112 cm³/mol. The summed E-state index contributed by atoms with van der Waals surface area (Å²) in [5, 5.41) is 19.2. The molecule has 0 saturated carbocycles. The van der Waals surface area contributed by atoms with Gasteiger partial charge in [-0.2, -0.15) is 0 Å². The number of hydroxylamine groups is 3. The molecule has 158 valence electrons. The van der Waals surface area contributed by atoms with Crippen molar-refractivity contribution in [2.45, 2.75) is 103 Å². The van der Waals surface area contributed by atoms with Gasteiger partial charge < -0.3 is 20.7 Å². The molecule has 0 fully saturated rings. The Balaban J connectivity index is 0. The average molecular weight is 375 g/mol. The van der Waals surface area contributed by atoms with Crippen LogP contribution in [0.1, 0.15) is 103 Å². The molecule has 0 unspecified atom stereocenters. The summed E-state index contributed by atoms with van der Waals surface area (Å²) in [5.74, 6) is -0.655. The number of rotatable bonds is 17. The van der Waals surface area contributed by atoms with Gasteiger partial charge in [0.05, 0.1) is 20.6 Å². The van der Waals surface area contributed by atoms with Crippen molar-refractivity contribution < 1.29 is 14.5 Å². The number of nitrogens with zero attached hydrogens (tertiary/aromatic N) is 1. The third-order valence-electron chi connectivity index (χ3n) is 4.39. The Kier molecular flexibility index (Phi) is 21.9. The fourth-order valence-electron chi connectivity index (χ4n) is 2.77. The van der Waals surface area contributed by atoms with Crippen LogP contribution < -0.4 is 5.73 Å². The Morgan fingerprint density at radius 3 is 1.46 bits per heavy atom. The largest absolute Gasteiger partial charge is 0.633 e. The van der Waals surface area contributed by atoms with Crippen LogP contribution in [0.15, 0.2) is 0 Å². The van der Waals surface area contributed by atoms with Gasteiger partial charge in [0.15, 0.2) is 0 Å². The first kappa shape index (κ1) is 27.6. The summed E-state index contributed by atoms with van der Waals surface area (Å²) in [6.07, 6.45) is 18.1. The molecule has 5 heteroatoms. The second kappa shape index (κ2) is 20.7. The number of quaternary nitrogens is 1. The van der Waals surface area contributed by atoms with Gasteiger partial charge in [0, 0.05) is 12.8 Å². The molecule has 0 radical (unpaired) electrons. The van der Waals surface area contributed by atoms with Crippen LogP contribution in [-0.2, 0) is 4.79 Å². The van der Waals surface area contributed by atoms with E-state index in [1.54, 1.807) is 14.1 Å². The number of aliphatic carboxylic acids is 1. The summed E-state index contributed by atoms with van der Waals surface area (Å²) in [5.41, 5.74) is 5.19. The van der Waals surface area contributed by atoms with E-state index in [4.69, 9.17) is 10.8 Å². The summed E-state index contributed by atoms with van der Waals surface area (Å²) >= 11 is 0. The normalized spacial score (nSPS) is 11.1. The molecule has 5 nitrogen and oxygen atoms in total. The highest BCUT2D eigenvalue weighted by atomic mass is 16.5. The molecule has 0 aliphatic rings. The van der Waals surface area contributed by atoms with E-state index >= 15 is 0 Å². The quantitative estimate of drug-likeness (QED) is 0.201. The lowest BCUT2D eigenvalue weighted by Crippen LogP contribution is -2.34. The molecular formula is C21H46N2O3. The first-order valence-corrected chi connectivity index (χ1v) is 10.8. The number of hydrogen-bond acceptors (Lipinski definition) is 3. The molecule has 26 heavy (non-hydrogen) atoms. The highest BCUT2D eigenvalue weighted by Crippen LogP contribution is 2.12. The van der Waals surface area contributed by atoms with Gasteiger partial charge in [-0.05, 0) is 13.0 Å². The van der Waals surface area contributed by atoms with Gasteiger partial charge in [-0.3, -0.25) is 4.79 Å². The summed E-state index contributed by atoms with van der Waals surface area (Å²) in [4.78, 5) is 10.3.